The maximum Gasteiger partial charge on any atom is 0.309 e. The van der Waals surface area contributed by atoms with Gasteiger partial charge in [-0.1, -0.05) is 27.2 Å². The molecule has 2 N–H and O–H groups in total. The van der Waals surface area contributed by atoms with Crippen molar-refractivity contribution >= 4 is 5.97 Å². The fourth-order valence-electron chi connectivity index (χ4n) is 6.85. The normalized spacial score (nSPS) is 50.3. The zero-order valence-electron chi connectivity index (χ0n) is 15.2. The van der Waals surface area contributed by atoms with Gasteiger partial charge >= 0.3 is 5.97 Å². The van der Waals surface area contributed by atoms with Crippen LogP contribution in [0.25, 0.3) is 0 Å². The third-order valence-corrected chi connectivity index (χ3v) is 8.16. The Morgan fingerprint density at radius 3 is 2.39 bits per heavy atom. The predicted molar refractivity (Wildman–Crippen MR) is 91.0 cm³/mol. The van der Waals surface area contributed by atoms with E-state index in [0.29, 0.717) is 23.7 Å². The van der Waals surface area contributed by atoms with Crippen LogP contribution in [-0.4, -0.2) is 22.3 Å². The van der Waals surface area contributed by atoms with E-state index in [9.17, 15) is 15.0 Å². The molecule has 0 aliphatic heterocycles. The maximum absolute atomic E-state index is 12.0. The quantitative estimate of drug-likeness (QED) is 0.795. The second-order valence-electron chi connectivity index (χ2n) is 9.46. The minimum absolute atomic E-state index is 0.0945. The highest BCUT2D eigenvalue weighted by atomic mass is 16.4. The van der Waals surface area contributed by atoms with E-state index in [-0.39, 0.29) is 17.4 Å². The lowest BCUT2D eigenvalue weighted by Crippen LogP contribution is -2.58. The van der Waals surface area contributed by atoms with Gasteiger partial charge in [0.15, 0.2) is 0 Å². The Hall–Kier alpha value is -0.570. The van der Waals surface area contributed by atoms with Gasteiger partial charge in [-0.05, 0) is 80.5 Å². The van der Waals surface area contributed by atoms with Crippen molar-refractivity contribution in [3.8, 4) is 0 Å². The van der Waals surface area contributed by atoms with Gasteiger partial charge in [0.1, 0.15) is 0 Å². The third kappa shape index (κ3) is 2.45. The van der Waals surface area contributed by atoms with E-state index >= 15 is 0 Å². The molecule has 23 heavy (non-hydrogen) atoms. The summed E-state index contributed by atoms with van der Waals surface area (Å²) in [5, 5.41) is 20.8. The van der Waals surface area contributed by atoms with Crippen LogP contribution in [0.2, 0.25) is 0 Å². The molecule has 0 radical (unpaired) electrons. The van der Waals surface area contributed by atoms with Gasteiger partial charge in [0, 0.05) is 0 Å². The molecule has 3 rings (SSSR count). The van der Waals surface area contributed by atoms with Gasteiger partial charge in [0.2, 0.25) is 0 Å². The van der Waals surface area contributed by atoms with Crippen LogP contribution in [0.15, 0.2) is 0 Å². The van der Waals surface area contributed by atoms with Gasteiger partial charge < -0.3 is 10.2 Å². The first-order valence-corrected chi connectivity index (χ1v) is 9.63. The summed E-state index contributed by atoms with van der Waals surface area (Å²) in [7, 11) is 0. The number of aliphatic hydroxyl groups excluding tert-OH is 1. The lowest BCUT2D eigenvalue weighted by molar-refractivity contribution is -0.182. The standard InChI is InChI=1S/C20H34O3/c1-12(2)13-6-8-15-14(17(13)21)7-9-16-19(15,3)10-5-11-20(16,4)18(22)23/h12-17,21H,5-11H2,1-4H3,(H,22,23). The number of aliphatic carboxylic acids is 1. The molecule has 0 spiro atoms. The molecule has 3 saturated carbocycles. The van der Waals surface area contributed by atoms with E-state index in [1.54, 1.807) is 0 Å². The number of rotatable bonds is 2. The van der Waals surface area contributed by atoms with Crippen molar-refractivity contribution in [2.24, 2.45) is 40.4 Å². The molecule has 0 heterocycles. The molecule has 132 valence electrons. The van der Waals surface area contributed by atoms with E-state index in [2.05, 4.69) is 20.8 Å². The number of aliphatic hydroxyl groups is 1. The summed E-state index contributed by atoms with van der Waals surface area (Å²) < 4.78 is 0. The molecule has 0 aromatic rings. The molecule has 3 heteroatoms. The molecule has 0 aromatic heterocycles. The average molecular weight is 322 g/mol. The molecular weight excluding hydrogens is 288 g/mol. The average Bonchev–Trinajstić information content (AvgIpc) is 2.47. The second kappa shape index (κ2) is 5.75. The van der Waals surface area contributed by atoms with Crippen molar-refractivity contribution in [1.29, 1.82) is 0 Å². The fourth-order valence-corrected chi connectivity index (χ4v) is 6.85. The van der Waals surface area contributed by atoms with E-state index in [1.165, 1.54) is 6.42 Å². The fraction of sp³-hybridized carbons (Fsp3) is 0.950. The van der Waals surface area contributed by atoms with Crippen LogP contribution < -0.4 is 0 Å². The van der Waals surface area contributed by atoms with Gasteiger partial charge in [-0.15, -0.1) is 0 Å². The highest BCUT2D eigenvalue weighted by Gasteiger charge is 2.60. The van der Waals surface area contributed by atoms with Crippen molar-refractivity contribution in [1.82, 2.24) is 0 Å². The zero-order chi connectivity index (χ0) is 17.0. The molecule has 3 aliphatic rings. The molecule has 0 bridgehead atoms. The highest BCUT2D eigenvalue weighted by Crippen LogP contribution is 2.64. The van der Waals surface area contributed by atoms with Gasteiger partial charge in [0.25, 0.3) is 0 Å². The summed E-state index contributed by atoms with van der Waals surface area (Å²) in [5.74, 6) is 1.50. The number of carbonyl (C=O) groups is 1. The van der Waals surface area contributed by atoms with E-state index in [4.69, 9.17) is 0 Å². The molecule has 3 aliphatic carbocycles. The summed E-state index contributed by atoms with van der Waals surface area (Å²) >= 11 is 0. The van der Waals surface area contributed by atoms with E-state index in [1.807, 2.05) is 6.92 Å². The summed E-state index contributed by atoms with van der Waals surface area (Å²) in [6.07, 6.45) is 7.05. The molecule has 3 fully saturated rings. The van der Waals surface area contributed by atoms with E-state index in [0.717, 1.165) is 38.5 Å². The largest absolute Gasteiger partial charge is 0.481 e. The van der Waals surface area contributed by atoms with Crippen LogP contribution in [-0.2, 0) is 4.79 Å². The SMILES string of the molecule is CC(C)C1CCC2C(CCC3C(C)(C(=O)O)CCCC23C)C1O. The van der Waals surface area contributed by atoms with Crippen LogP contribution in [0, 0.1) is 40.4 Å². The van der Waals surface area contributed by atoms with Crippen LogP contribution in [0.4, 0.5) is 0 Å². The molecule has 7 atom stereocenters. The third-order valence-electron chi connectivity index (χ3n) is 8.16. The Labute approximate surface area is 140 Å². The summed E-state index contributed by atoms with van der Waals surface area (Å²) in [6, 6.07) is 0. The predicted octanol–water partition coefficient (Wildman–Crippen LogP) is 4.34. The molecule has 0 saturated heterocycles. The van der Waals surface area contributed by atoms with Crippen molar-refractivity contribution < 1.29 is 15.0 Å². The number of carboxylic acids is 1. The Bertz CT molecular complexity index is 474. The molecule has 0 aromatic carbocycles. The molecule has 3 nitrogen and oxygen atoms in total. The first-order valence-electron chi connectivity index (χ1n) is 9.63. The summed E-state index contributed by atoms with van der Waals surface area (Å²) in [5.41, 5.74) is -0.477. The molecule has 0 amide bonds. The smallest absolute Gasteiger partial charge is 0.309 e. The first-order chi connectivity index (χ1) is 10.7. The van der Waals surface area contributed by atoms with Gasteiger partial charge in [-0.2, -0.15) is 0 Å². The second-order valence-corrected chi connectivity index (χ2v) is 9.46. The van der Waals surface area contributed by atoms with Crippen molar-refractivity contribution in [3.05, 3.63) is 0 Å². The first kappa shape index (κ1) is 17.3. The lowest BCUT2D eigenvalue weighted by atomic mass is 9.43. The Balaban J connectivity index is 1.90. The van der Waals surface area contributed by atoms with Crippen molar-refractivity contribution in [2.75, 3.05) is 0 Å². The number of fused-ring (bicyclic) bond motifs is 3. The molecule has 7 unspecified atom stereocenters. The summed E-state index contributed by atoms with van der Waals surface area (Å²) in [4.78, 5) is 12.0. The van der Waals surface area contributed by atoms with Crippen LogP contribution in [0.1, 0.15) is 72.6 Å². The number of hydrogen-bond acceptors (Lipinski definition) is 2. The monoisotopic (exact) mass is 322 g/mol. The summed E-state index contributed by atoms with van der Waals surface area (Å²) in [6.45, 7) is 8.78. The van der Waals surface area contributed by atoms with Gasteiger partial charge in [0.05, 0.1) is 11.5 Å². The van der Waals surface area contributed by atoms with Crippen LogP contribution >= 0.6 is 0 Å². The number of carboxylic acid groups (broad SMARTS) is 1. The Kier molecular flexibility index (Phi) is 4.32. The minimum Gasteiger partial charge on any atom is -0.481 e. The van der Waals surface area contributed by atoms with Crippen LogP contribution in [0.5, 0.6) is 0 Å². The topological polar surface area (TPSA) is 57.5 Å². The maximum atomic E-state index is 12.0. The van der Waals surface area contributed by atoms with Gasteiger partial charge in [-0.25, -0.2) is 0 Å². The Morgan fingerprint density at radius 1 is 1.09 bits per heavy atom. The van der Waals surface area contributed by atoms with Crippen molar-refractivity contribution in [2.45, 2.75) is 78.7 Å². The number of hydrogen-bond donors (Lipinski definition) is 2. The van der Waals surface area contributed by atoms with Crippen LogP contribution in [0.3, 0.4) is 0 Å². The van der Waals surface area contributed by atoms with Crippen molar-refractivity contribution in [3.63, 3.8) is 0 Å². The Morgan fingerprint density at radius 2 is 1.78 bits per heavy atom. The highest BCUT2D eigenvalue weighted by molar-refractivity contribution is 5.75. The zero-order valence-corrected chi connectivity index (χ0v) is 15.2. The minimum atomic E-state index is -0.608. The van der Waals surface area contributed by atoms with Gasteiger partial charge in [-0.3, -0.25) is 4.79 Å². The molecular formula is C20H34O3. The lowest BCUT2D eigenvalue weighted by Gasteiger charge is -2.61. The van der Waals surface area contributed by atoms with E-state index < -0.39 is 11.4 Å².